The summed E-state index contributed by atoms with van der Waals surface area (Å²) in [6.07, 6.45) is 0. The second kappa shape index (κ2) is 4.46. The zero-order valence-corrected chi connectivity index (χ0v) is 8.90. The summed E-state index contributed by atoms with van der Waals surface area (Å²) in [4.78, 5) is 11.8. The van der Waals surface area contributed by atoms with Gasteiger partial charge < -0.3 is 4.74 Å². The van der Waals surface area contributed by atoms with Crippen LogP contribution in [0.4, 0.5) is 4.39 Å². The molecule has 1 aromatic carbocycles. The third-order valence-corrected chi connectivity index (χ3v) is 2.26. The van der Waals surface area contributed by atoms with Gasteiger partial charge in [0.15, 0.2) is 0 Å². The molecule has 0 aliphatic heterocycles. The van der Waals surface area contributed by atoms with Crippen molar-refractivity contribution < 1.29 is 13.9 Å². The van der Waals surface area contributed by atoms with E-state index in [2.05, 4.69) is 12.6 Å². The molecule has 0 aromatic heterocycles. The number of benzene rings is 1. The molecule has 76 valence electrons. The van der Waals surface area contributed by atoms with E-state index >= 15 is 0 Å². The minimum atomic E-state index is -0.652. The van der Waals surface area contributed by atoms with Gasteiger partial charge in [0.05, 0.1) is 12.2 Å². The third-order valence-electron chi connectivity index (χ3n) is 1.78. The van der Waals surface area contributed by atoms with Crippen molar-refractivity contribution in [2.24, 2.45) is 0 Å². The Morgan fingerprint density at radius 1 is 1.57 bits per heavy atom. The van der Waals surface area contributed by atoms with Crippen LogP contribution in [0.25, 0.3) is 0 Å². The van der Waals surface area contributed by atoms with Crippen LogP contribution in [0, 0.1) is 12.7 Å². The van der Waals surface area contributed by atoms with Crippen LogP contribution in [-0.2, 0) is 4.74 Å². The van der Waals surface area contributed by atoms with Crippen molar-refractivity contribution in [3.8, 4) is 0 Å². The number of rotatable bonds is 2. The molecule has 0 amide bonds. The molecule has 4 heteroatoms. The molecule has 0 saturated heterocycles. The van der Waals surface area contributed by atoms with Gasteiger partial charge in [-0.25, -0.2) is 9.18 Å². The first-order chi connectivity index (χ1) is 6.56. The van der Waals surface area contributed by atoms with Crippen molar-refractivity contribution in [1.82, 2.24) is 0 Å². The predicted molar refractivity (Wildman–Crippen MR) is 54.3 cm³/mol. The molecule has 2 nitrogen and oxygen atoms in total. The summed E-state index contributed by atoms with van der Waals surface area (Å²) in [5.74, 6) is -1.22. The lowest BCUT2D eigenvalue weighted by Crippen LogP contribution is -2.07. The van der Waals surface area contributed by atoms with Crippen molar-refractivity contribution in [3.63, 3.8) is 0 Å². The summed E-state index contributed by atoms with van der Waals surface area (Å²) in [5.41, 5.74) is 0.626. The molecule has 0 N–H and O–H groups in total. The van der Waals surface area contributed by atoms with Crippen molar-refractivity contribution in [3.05, 3.63) is 29.1 Å². The molecule has 1 rings (SSSR count). The second-order valence-corrected chi connectivity index (χ2v) is 3.32. The first kappa shape index (κ1) is 11.0. The van der Waals surface area contributed by atoms with E-state index in [1.54, 1.807) is 13.8 Å². The Balaban J connectivity index is 3.09. The monoisotopic (exact) mass is 214 g/mol. The molecule has 0 heterocycles. The van der Waals surface area contributed by atoms with Crippen LogP contribution in [0.3, 0.4) is 0 Å². The highest BCUT2D eigenvalue weighted by Gasteiger charge is 2.14. The summed E-state index contributed by atoms with van der Waals surface area (Å²) in [7, 11) is 0. The number of halogens is 1. The number of carbonyl (C=O) groups excluding carboxylic acids is 1. The minimum absolute atomic E-state index is 0.0672. The molecular formula is C10H11FO2S. The molecule has 0 unspecified atom stereocenters. The molecular weight excluding hydrogens is 203 g/mol. The third kappa shape index (κ3) is 2.26. The molecule has 0 saturated carbocycles. The molecule has 0 spiro atoms. The molecule has 0 bridgehead atoms. The van der Waals surface area contributed by atoms with Gasteiger partial charge in [-0.15, -0.1) is 12.6 Å². The lowest BCUT2D eigenvalue weighted by molar-refractivity contribution is 0.0520. The van der Waals surface area contributed by atoms with E-state index in [0.29, 0.717) is 10.5 Å². The van der Waals surface area contributed by atoms with Crippen molar-refractivity contribution >= 4 is 18.6 Å². The van der Waals surface area contributed by atoms with Gasteiger partial charge in [0.2, 0.25) is 0 Å². The van der Waals surface area contributed by atoms with E-state index in [-0.39, 0.29) is 12.2 Å². The van der Waals surface area contributed by atoms with Crippen molar-refractivity contribution in [2.45, 2.75) is 18.7 Å². The summed E-state index contributed by atoms with van der Waals surface area (Å²) >= 11 is 4.10. The van der Waals surface area contributed by atoms with E-state index in [1.807, 2.05) is 0 Å². The minimum Gasteiger partial charge on any atom is -0.462 e. The number of aryl methyl sites for hydroxylation is 1. The molecule has 0 radical (unpaired) electrons. The largest absolute Gasteiger partial charge is 0.462 e. The first-order valence-corrected chi connectivity index (χ1v) is 4.67. The number of carbonyl (C=O) groups is 1. The summed E-state index contributed by atoms with van der Waals surface area (Å²) in [6, 6.07) is 2.65. The Kier molecular flexibility index (Phi) is 3.52. The zero-order valence-electron chi connectivity index (χ0n) is 8.00. The van der Waals surface area contributed by atoms with Crippen LogP contribution >= 0.6 is 12.6 Å². The number of ether oxygens (including phenoxy) is 1. The lowest BCUT2D eigenvalue weighted by atomic mass is 10.1. The average molecular weight is 214 g/mol. The van der Waals surface area contributed by atoms with E-state index in [9.17, 15) is 9.18 Å². The number of hydrogen-bond acceptors (Lipinski definition) is 3. The van der Waals surface area contributed by atoms with Crippen molar-refractivity contribution in [1.29, 1.82) is 0 Å². The number of hydrogen-bond donors (Lipinski definition) is 1. The molecule has 14 heavy (non-hydrogen) atoms. The molecule has 0 atom stereocenters. The van der Waals surface area contributed by atoms with Crippen LogP contribution in [0.15, 0.2) is 17.0 Å². The van der Waals surface area contributed by atoms with Gasteiger partial charge in [-0.2, -0.15) is 0 Å². The Bertz CT molecular complexity index is 363. The maximum Gasteiger partial charge on any atom is 0.341 e. The van der Waals surface area contributed by atoms with E-state index in [1.165, 1.54) is 12.1 Å². The topological polar surface area (TPSA) is 26.3 Å². The second-order valence-electron chi connectivity index (χ2n) is 2.84. The van der Waals surface area contributed by atoms with Crippen LogP contribution in [0.5, 0.6) is 0 Å². The fourth-order valence-corrected chi connectivity index (χ4v) is 1.22. The SMILES string of the molecule is CCOC(=O)c1cc(S)c(C)cc1F. The summed E-state index contributed by atoms with van der Waals surface area (Å²) < 4.78 is 18.0. The van der Waals surface area contributed by atoms with Crippen LogP contribution in [0.1, 0.15) is 22.8 Å². The maximum absolute atomic E-state index is 13.3. The highest BCUT2D eigenvalue weighted by molar-refractivity contribution is 7.80. The Hall–Kier alpha value is -1.03. The van der Waals surface area contributed by atoms with Crippen LogP contribution in [-0.4, -0.2) is 12.6 Å². The van der Waals surface area contributed by atoms with E-state index < -0.39 is 11.8 Å². The smallest absolute Gasteiger partial charge is 0.341 e. The molecule has 0 fully saturated rings. The molecule has 1 aromatic rings. The summed E-state index contributed by atoms with van der Waals surface area (Å²) in [6.45, 7) is 3.63. The highest BCUT2D eigenvalue weighted by atomic mass is 32.1. The van der Waals surface area contributed by atoms with Gasteiger partial charge in [0.1, 0.15) is 5.82 Å². The maximum atomic E-state index is 13.3. The van der Waals surface area contributed by atoms with Crippen LogP contribution < -0.4 is 0 Å². The van der Waals surface area contributed by atoms with Gasteiger partial charge in [0, 0.05) is 4.90 Å². The van der Waals surface area contributed by atoms with Gasteiger partial charge in [-0.05, 0) is 31.5 Å². The van der Waals surface area contributed by atoms with Gasteiger partial charge in [0.25, 0.3) is 0 Å². The summed E-state index contributed by atoms with van der Waals surface area (Å²) in [5, 5.41) is 0. The van der Waals surface area contributed by atoms with E-state index in [0.717, 1.165) is 0 Å². The molecule has 0 aliphatic carbocycles. The highest BCUT2D eigenvalue weighted by Crippen LogP contribution is 2.19. The van der Waals surface area contributed by atoms with Crippen molar-refractivity contribution in [2.75, 3.05) is 6.61 Å². The Labute approximate surface area is 87.5 Å². The fourth-order valence-electron chi connectivity index (χ4n) is 1.03. The van der Waals surface area contributed by atoms with E-state index in [4.69, 9.17) is 4.74 Å². The average Bonchev–Trinajstić information content (AvgIpc) is 2.11. The molecule has 0 aliphatic rings. The van der Waals surface area contributed by atoms with Gasteiger partial charge in [-0.1, -0.05) is 0 Å². The first-order valence-electron chi connectivity index (χ1n) is 4.22. The number of thiol groups is 1. The normalized spacial score (nSPS) is 10.0. The Morgan fingerprint density at radius 2 is 2.21 bits per heavy atom. The standard InChI is InChI=1S/C10H11FO2S/c1-3-13-10(12)7-5-9(14)6(2)4-8(7)11/h4-5,14H,3H2,1-2H3. The number of esters is 1. The predicted octanol–water partition coefficient (Wildman–Crippen LogP) is 2.60. The Morgan fingerprint density at radius 3 is 2.79 bits per heavy atom. The van der Waals surface area contributed by atoms with Gasteiger partial charge in [-0.3, -0.25) is 0 Å². The quantitative estimate of drug-likeness (QED) is 0.605. The van der Waals surface area contributed by atoms with Crippen LogP contribution in [0.2, 0.25) is 0 Å². The van der Waals surface area contributed by atoms with Gasteiger partial charge >= 0.3 is 5.97 Å². The lowest BCUT2D eigenvalue weighted by Gasteiger charge is -2.05. The fraction of sp³-hybridized carbons (Fsp3) is 0.300. The zero-order chi connectivity index (χ0) is 10.7.